The van der Waals surface area contributed by atoms with Gasteiger partial charge in [0, 0.05) is 12.1 Å². The molecular formula is C23H45N. The lowest BCUT2D eigenvalue weighted by Gasteiger charge is -2.26. The Hall–Kier alpha value is -0.300. The van der Waals surface area contributed by atoms with Crippen molar-refractivity contribution >= 4 is 0 Å². The third-order valence-electron chi connectivity index (χ3n) is 5.49. The molecule has 1 aliphatic heterocycles. The first-order valence-electron chi connectivity index (χ1n) is 11.3. The second-order valence-corrected chi connectivity index (χ2v) is 8.06. The fourth-order valence-corrected chi connectivity index (χ4v) is 3.87. The third-order valence-corrected chi connectivity index (χ3v) is 5.49. The number of rotatable bonds is 15. The first-order valence-corrected chi connectivity index (χ1v) is 11.3. The van der Waals surface area contributed by atoms with E-state index >= 15 is 0 Å². The van der Waals surface area contributed by atoms with E-state index in [0.29, 0.717) is 12.1 Å². The van der Waals surface area contributed by atoms with E-state index < -0.39 is 0 Å². The van der Waals surface area contributed by atoms with Crippen molar-refractivity contribution in [3.05, 3.63) is 12.2 Å². The first-order chi connectivity index (χ1) is 11.8. The standard InChI is InChI=1S/C23H45N/c1-3-4-5-6-7-8-9-10-11-12-13-14-15-16-17-20-23-21-18-19-22(2)24-23/h17,20,22-24H,3-16,18-19,21H2,1-2H3. The van der Waals surface area contributed by atoms with Crippen LogP contribution in [0.4, 0.5) is 0 Å². The zero-order valence-electron chi connectivity index (χ0n) is 16.8. The van der Waals surface area contributed by atoms with Crippen LogP contribution in [0, 0.1) is 0 Å². The quantitative estimate of drug-likeness (QED) is 0.240. The largest absolute Gasteiger partial charge is 0.308 e. The summed E-state index contributed by atoms with van der Waals surface area (Å²) in [5.74, 6) is 0. The molecule has 2 atom stereocenters. The molecule has 0 spiro atoms. The Balaban J connectivity index is 1.76. The van der Waals surface area contributed by atoms with Crippen LogP contribution in [-0.2, 0) is 0 Å². The normalized spacial score (nSPS) is 21.6. The summed E-state index contributed by atoms with van der Waals surface area (Å²) in [5, 5.41) is 3.68. The van der Waals surface area contributed by atoms with Crippen LogP contribution in [0.5, 0.6) is 0 Å². The summed E-state index contributed by atoms with van der Waals surface area (Å²) >= 11 is 0. The monoisotopic (exact) mass is 335 g/mol. The van der Waals surface area contributed by atoms with Crippen molar-refractivity contribution < 1.29 is 0 Å². The van der Waals surface area contributed by atoms with Crippen LogP contribution in [0.3, 0.4) is 0 Å². The maximum absolute atomic E-state index is 3.68. The fourth-order valence-electron chi connectivity index (χ4n) is 3.87. The fraction of sp³-hybridized carbons (Fsp3) is 0.913. The lowest BCUT2D eigenvalue weighted by atomic mass is 9.99. The second-order valence-electron chi connectivity index (χ2n) is 8.06. The van der Waals surface area contributed by atoms with Gasteiger partial charge in [-0.15, -0.1) is 0 Å². The van der Waals surface area contributed by atoms with E-state index in [0.717, 1.165) is 0 Å². The van der Waals surface area contributed by atoms with E-state index in [9.17, 15) is 0 Å². The van der Waals surface area contributed by atoms with Crippen LogP contribution >= 0.6 is 0 Å². The molecule has 1 nitrogen and oxygen atoms in total. The summed E-state index contributed by atoms with van der Waals surface area (Å²) in [5.41, 5.74) is 0. The van der Waals surface area contributed by atoms with Crippen LogP contribution in [0.1, 0.15) is 123 Å². The highest BCUT2D eigenvalue weighted by molar-refractivity contribution is 4.96. The van der Waals surface area contributed by atoms with Crippen molar-refractivity contribution in [2.24, 2.45) is 0 Å². The molecule has 0 radical (unpaired) electrons. The first kappa shape index (κ1) is 21.7. The van der Waals surface area contributed by atoms with E-state index in [4.69, 9.17) is 0 Å². The van der Waals surface area contributed by atoms with E-state index in [1.165, 1.54) is 109 Å². The number of unbranched alkanes of at least 4 members (excludes halogenated alkanes) is 13. The Labute approximate surface area is 153 Å². The van der Waals surface area contributed by atoms with Crippen molar-refractivity contribution in [3.63, 3.8) is 0 Å². The zero-order valence-corrected chi connectivity index (χ0v) is 16.8. The van der Waals surface area contributed by atoms with Crippen molar-refractivity contribution in [1.29, 1.82) is 0 Å². The van der Waals surface area contributed by atoms with E-state index in [1.807, 2.05) is 0 Å². The van der Waals surface area contributed by atoms with Gasteiger partial charge in [0.05, 0.1) is 0 Å². The lowest BCUT2D eigenvalue weighted by Crippen LogP contribution is -2.39. The molecule has 142 valence electrons. The molecule has 0 aromatic carbocycles. The SMILES string of the molecule is CCCCCCCCCCCCCCCC=CC1CCCC(C)N1. The molecule has 2 unspecified atom stereocenters. The Morgan fingerprint density at radius 1 is 0.750 bits per heavy atom. The summed E-state index contributed by atoms with van der Waals surface area (Å²) in [4.78, 5) is 0. The molecule has 1 N–H and O–H groups in total. The number of piperidine rings is 1. The van der Waals surface area contributed by atoms with Gasteiger partial charge in [0.1, 0.15) is 0 Å². The highest BCUT2D eigenvalue weighted by Crippen LogP contribution is 2.15. The molecular weight excluding hydrogens is 290 g/mol. The molecule has 0 bridgehead atoms. The van der Waals surface area contributed by atoms with E-state index in [-0.39, 0.29) is 0 Å². The van der Waals surface area contributed by atoms with Gasteiger partial charge >= 0.3 is 0 Å². The van der Waals surface area contributed by atoms with E-state index in [2.05, 4.69) is 31.3 Å². The molecule has 0 aromatic rings. The molecule has 1 saturated heterocycles. The molecule has 1 aliphatic rings. The summed E-state index contributed by atoms with van der Waals surface area (Å²) in [6.07, 6.45) is 29.0. The molecule has 0 aliphatic carbocycles. The van der Waals surface area contributed by atoms with Crippen LogP contribution in [0.25, 0.3) is 0 Å². The van der Waals surface area contributed by atoms with Gasteiger partial charge in [-0.3, -0.25) is 0 Å². The number of allylic oxidation sites excluding steroid dienone is 1. The van der Waals surface area contributed by atoms with Gasteiger partial charge in [-0.2, -0.15) is 0 Å². The van der Waals surface area contributed by atoms with Gasteiger partial charge in [0.15, 0.2) is 0 Å². The number of hydrogen-bond donors (Lipinski definition) is 1. The Morgan fingerprint density at radius 2 is 1.29 bits per heavy atom. The lowest BCUT2D eigenvalue weighted by molar-refractivity contribution is 0.374. The van der Waals surface area contributed by atoms with Crippen molar-refractivity contribution in [1.82, 2.24) is 5.32 Å². The molecule has 0 amide bonds. The number of nitrogens with one attached hydrogen (secondary N) is 1. The number of hydrogen-bond acceptors (Lipinski definition) is 1. The van der Waals surface area contributed by atoms with E-state index in [1.54, 1.807) is 0 Å². The topological polar surface area (TPSA) is 12.0 Å². The minimum atomic E-state index is 0.649. The van der Waals surface area contributed by atoms with Gasteiger partial charge < -0.3 is 5.32 Å². The van der Waals surface area contributed by atoms with Crippen LogP contribution in [-0.4, -0.2) is 12.1 Å². The van der Waals surface area contributed by atoms with Crippen molar-refractivity contribution in [2.75, 3.05) is 0 Å². The van der Waals surface area contributed by atoms with Crippen molar-refractivity contribution in [3.8, 4) is 0 Å². The summed E-state index contributed by atoms with van der Waals surface area (Å²) in [7, 11) is 0. The zero-order chi connectivity index (χ0) is 17.3. The predicted octanol–water partition coefficient (Wildman–Crippen LogP) is 7.55. The Bertz CT molecular complexity index is 284. The Morgan fingerprint density at radius 3 is 1.83 bits per heavy atom. The average Bonchev–Trinajstić information content (AvgIpc) is 2.58. The molecule has 1 heteroatoms. The molecule has 24 heavy (non-hydrogen) atoms. The second kappa shape index (κ2) is 16.2. The van der Waals surface area contributed by atoms with Gasteiger partial charge in [-0.25, -0.2) is 0 Å². The van der Waals surface area contributed by atoms with Gasteiger partial charge in [0.25, 0.3) is 0 Å². The predicted molar refractivity (Wildman–Crippen MR) is 110 cm³/mol. The van der Waals surface area contributed by atoms with Gasteiger partial charge in [-0.05, 0) is 32.6 Å². The highest BCUT2D eigenvalue weighted by atomic mass is 14.9. The molecule has 1 rings (SSSR count). The summed E-state index contributed by atoms with van der Waals surface area (Å²) in [6, 6.07) is 1.36. The van der Waals surface area contributed by atoms with Crippen LogP contribution in [0.2, 0.25) is 0 Å². The van der Waals surface area contributed by atoms with Crippen LogP contribution in [0.15, 0.2) is 12.2 Å². The average molecular weight is 336 g/mol. The van der Waals surface area contributed by atoms with Crippen molar-refractivity contribution in [2.45, 2.75) is 135 Å². The summed E-state index contributed by atoms with van der Waals surface area (Å²) in [6.45, 7) is 4.61. The Kier molecular flexibility index (Phi) is 14.7. The van der Waals surface area contributed by atoms with Gasteiger partial charge in [0.2, 0.25) is 0 Å². The molecule has 0 aromatic heterocycles. The van der Waals surface area contributed by atoms with Gasteiger partial charge in [-0.1, -0.05) is 103 Å². The molecule has 0 saturated carbocycles. The third kappa shape index (κ3) is 13.0. The van der Waals surface area contributed by atoms with Crippen LogP contribution < -0.4 is 5.32 Å². The highest BCUT2D eigenvalue weighted by Gasteiger charge is 2.14. The minimum Gasteiger partial charge on any atom is -0.308 e. The molecule has 1 fully saturated rings. The summed E-state index contributed by atoms with van der Waals surface area (Å²) < 4.78 is 0. The molecule has 1 heterocycles. The smallest absolute Gasteiger partial charge is 0.0252 e. The maximum atomic E-state index is 3.68. The maximum Gasteiger partial charge on any atom is 0.0252 e. The minimum absolute atomic E-state index is 0.649.